The van der Waals surface area contributed by atoms with Crippen LogP contribution in [-0.4, -0.2) is 26.9 Å². The minimum atomic E-state index is -0.950. The lowest BCUT2D eigenvalue weighted by molar-refractivity contribution is 0.0696. The molecule has 2 rings (SSSR count). The van der Waals surface area contributed by atoms with Crippen molar-refractivity contribution >= 4 is 12.3 Å². The maximum absolute atomic E-state index is 10.8. The van der Waals surface area contributed by atoms with E-state index in [1.54, 1.807) is 28.8 Å². The summed E-state index contributed by atoms with van der Waals surface area (Å²) in [7, 11) is 0. The molecule has 1 aromatic carbocycles. The van der Waals surface area contributed by atoms with Gasteiger partial charge in [0.25, 0.3) is 0 Å². The molecular formula is C13H12N2O3. The van der Waals surface area contributed by atoms with E-state index in [0.717, 1.165) is 17.7 Å². The number of rotatable bonds is 4. The van der Waals surface area contributed by atoms with Crippen LogP contribution in [0.15, 0.2) is 30.5 Å². The van der Waals surface area contributed by atoms with Crippen LogP contribution in [0.3, 0.4) is 0 Å². The molecule has 0 unspecified atom stereocenters. The lowest BCUT2D eigenvalue weighted by Crippen LogP contribution is -2.06. The predicted octanol–water partition coefficient (Wildman–Crippen LogP) is 1.75. The molecule has 5 nitrogen and oxygen atoms in total. The normalized spacial score (nSPS) is 10.3. The summed E-state index contributed by atoms with van der Waals surface area (Å²) in [5, 5.41) is 8.80. The Balaban J connectivity index is 2.26. The summed E-state index contributed by atoms with van der Waals surface area (Å²) in [6.07, 6.45) is 2.28. The monoisotopic (exact) mass is 244 g/mol. The van der Waals surface area contributed by atoms with Crippen LogP contribution in [0.5, 0.6) is 0 Å². The summed E-state index contributed by atoms with van der Waals surface area (Å²) in [6, 6.07) is 6.56. The average Bonchev–Trinajstić information content (AvgIpc) is 2.71. The van der Waals surface area contributed by atoms with Gasteiger partial charge in [0, 0.05) is 6.54 Å². The number of aromatic carboxylic acids is 1. The third-order valence-corrected chi connectivity index (χ3v) is 2.75. The van der Waals surface area contributed by atoms with Crippen LogP contribution in [0.2, 0.25) is 0 Å². The van der Waals surface area contributed by atoms with Crippen molar-refractivity contribution in [1.82, 2.24) is 9.55 Å². The zero-order valence-corrected chi connectivity index (χ0v) is 9.83. The van der Waals surface area contributed by atoms with Gasteiger partial charge in [0.2, 0.25) is 0 Å². The lowest BCUT2D eigenvalue weighted by atomic mass is 10.1. The largest absolute Gasteiger partial charge is 0.478 e. The minimum Gasteiger partial charge on any atom is -0.478 e. The summed E-state index contributed by atoms with van der Waals surface area (Å²) in [5.41, 5.74) is 1.68. The topological polar surface area (TPSA) is 72.2 Å². The zero-order chi connectivity index (χ0) is 13.1. The number of aryl methyl sites for hydroxylation is 1. The number of imidazole rings is 1. The van der Waals surface area contributed by atoms with Crippen LogP contribution in [0.1, 0.15) is 32.2 Å². The van der Waals surface area contributed by atoms with Crippen LogP contribution < -0.4 is 0 Å². The van der Waals surface area contributed by atoms with E-state index in [0.29, 0.717) is 12.2 Å². The first-order valence-electron chi connectivity index (χ1n) is 5.41. The van der Waals surface area contributed by atoms with E-state index in [-0.39, 0.29) is 5.56 Å². The summed E-state index contributed by atoms with van der Waals surface area (Å²) < 4.78 is 1.78. The number of carboxylic acids is 1. The number of carbonyl (C=O) groups is 2. The van der Waals surface area contributed by atoms with E-state index < -0.39 is 5.97 Å². The first kappa shape index (κ1) is 12.0. The molecule has 2 aromatic rings. The fraction of sp³-hybridized carbons (Fsp3) is 0.154. The van der Waals surface area contributed by atoms with Crippen molar-refractivity contribution < 1.29 is 14.7 Å². The van der Waals surface area contributed by atoms with Crippen molar-refractivity contribution in [3.05, 3.63) is 53.1 Å². The summed E-state index contributed by atoms with van der Waals surface area (Å²) in [5.74, 6) is -0.201. The number of carboxylic acid groups (broad SMARTS) is 1. The molecule has 0 spiro atoms. The Hall–Kier alpha value is -2.43. The van der Waals surface area contributed by atoms with E-state index in [4.69, 9.17) is 5.11 Å². The number of benzene rings is 1. The first-order chi connectivity index (χ1) is 8.61. The van der Waals surface area contributed by atoms with E-state index in [1.165, 1.54) is 6.20 Å². The molecule has 1 heterocycles. The van der Waals surface area contributed by atoms with Crippen LogP contribution in [0, 0.1) is 6.92 Å². The highest BCUT2D eigenvalue weighted by Gasteiger charge is 2.07. The third kappa shape index (κ3) is 2.29. The number of carbonyl (C=O) groups excluding carboxylic acids is 1. The van der Waals surface area contributed by atoms with Gasteiger partial charge in [-0.25, -0.2) is 9.78 Å². The Bertz CT molecular complexity index is 585. The highest BCUT2D eigenvalue weighted by atomic mass is 16.4. The molecule has 0 atom stereocenters. The van der Waals surface area contributed by atoms with Crippen molar-refractivity contribution in [3.8, 4) is 0 Å². The van der Waals surface area contributed by atoms with E-state index in [1.807, 2.05) is 6.92 Å². The van der Waals surface area contributed by atoms with Crippen molar-refractivity contribution in [2.45, 2.75) is 13.5 Å². The van der Waals surface area contributed by atoms with Gasteiger partial charge in [-0.3, -0.25) is 4.79 Å². The number of aromatic nitrogens is 2. The van der Waals surface area contributed by atoms with Gasteiger partial charge in [0.1, 0.15) is 11.5 Å². The molecule has 0 saturated heterocycles. The molecule has 5 heteroatoms. The van der Waals surface area contributed by atoms with E-state index in [2.05, 4.69) is 4.98 Å². The van der Waals surface area contributed by atoms with Gasteiger partial charge in [-0.2, -0.15) is 0 Å². The fourth-order valence-electron chi connectivity index (χ4n) is 1.72. The maximum atomic E-state index is 10.8. The molecule has 92 valence electrons. The summed E-state index contributed by atoms with van der Waals surface area (Å²) in [4.78, 5) is 25.6. The molecule has 0 fully saturated rings. The quantitative estimate of drug-likeness (QED) is 0.831. The highest BCUT2D eigenvalue weighted by molar-refractivity contribution is 5.87. The molecule has 0 aliphatic rings. The molecule has 1 N–H and O–H groups in total. The Kier molecular flexibility index (Phi) is 3.23. The van der Waals surface area contributed by atoms with Crippen LogP contribution in [-0.2, 0) is 6.54 Å². The third-order valence-electron chi connectivity index (χ3n) is 2.75. The second kappa shape index (κ2) is 4.83. The predicted molar refractivity (Wildman–Crippen MR) is 64.9 cm³/mol. The average molecular weight is 244 g/mol. The molecule has 0 bridgehead atoms. The molecule has 0 radical (unpaired) electrons. The fourth-order valence-corrected chi connectivity index (χ4v) is 1.72. The molecular weight excluding hydrogens is 232 g/mol. The van der Waals surface area contributed by atoms with Gasteiger partial charge >= 0.3 is 5.97 Å². The number of hydrogen-bond acceptors (Lipinski definition) is 3. The highest BCUT2D eigenvalue weighted by Crippen LogP contribution is 2.10. The second-order valence-electron chi connectivity index (χ2n) is 3.94. The van der Waals surface area contributed by atoms with Crippen molar-refractivity contribution in [1.29, 1.82) is 0 Å². The van der Waals surface area contributed by atoms with Gasteiger partial charge in [-0.1, -0.05) is 12.1 Å². The van der Waals surface area contributed by atoms with Gasteiger partial charge < -0.3 is 9.67 Å². The number of aldehydes is 1. The minimum absolute atomic E-state index is 0.247. The number of hydrogen-bond donors (Lipinski definition) is 1. The Labute approximate surface area is 104 Å². The van der Waals surface area contributed by atoms with Crippen molar-refractivity contribution in [3.63, 3.8) is 0 Å². The van der Waals surface area contributed by atoms with Crippen LogP contribution in [0.25, 0.3) is 0 Å². The molecule has 18 heavy (non-hydrogen) atoms. The summed E-state index contributed by atoms with van der Waals surface area (Å²) >= 11 is 0. The standard InChI is InChI=1S/C13H12N2O3/c1-9-14-6-12(8-16)15(9)7-10-2-4-11(5-3-10)13(17)18/h2-6,8H,7H2,1H3,(H,17,18). The first-order valence-corrected chi connectivity index (χ1v) is 5.41. The lowest BCUT2D eigenvalue weighted by Gasteiger charge is -2.07. The van der Waals surface area contributed by atoms with Gasteiger partial charge in [0.05, 0.1) is 11.8 Å². The van der Waals surface area contributed by atoms with E-state index >= 15 is 0 Å². The SMILES string of the molecule is Cc1ncc(C=O)n1Cc1ccc(C(=O)O)cc1. The van der Waals surface area contributed by atoms with Gasteiger partial charge in [-0.15, -0.1) is 0 Å². The second-order valence-corrected chi connectivity index (χ2v) is 3.94. The Morgan fingerprint density at radius 1 is 1.39 bits per heavy atom. The molecule has 0 aliphatic heterocycles. The number of nitrogens with zero attached hydrogens (tertiary/aromatic N) is 2. The van der Waals surface area contributed by atoms with E-state index in [9.17, 15) is 9.59 Å². The Morgan fingerprint density at radius 2 is 2.06 bits per heavy atom. The summed E-state index contributed by atoms with van der Waals surface area (Å²) in [6.45, 7) is 2.32. The molecule has 0 amide bonds. The molecule has 0 aliphatic carbocycles. The van der Waals surface area contributed by atoms with Crippen molar-refractivity contribution in [2.24, 2.45) is 0 Å². The molecule has 1 aromatic heterocycles. The van der Waals surface area contributed by atoms with Gasteiger partial charge in [0.15, 0.2) is 6.29 Å². The molecule has 0 saturated carbocycles. The van der Waals surface area contributed by atoms with Crippen LogP contribution in [0.4, 0.5) is 0 Å². The smallest absolute Gasteiger partial charge is 0.335 e. The maximum Gasteiger partial charge on any atom is 0.335 e. The Morgan fingerprint density at radius 3 is 2.61 bits per heavy atom. The van der Waals surface area contributed by atoms with Crippen molar-refractivity contribution in [2.75, 3.05) is 0 Å². The zero-order valence-electron chi connectivity index (χ0n) is 9.83. The van der Waals surface area contributed by atoms with Gasteiger partial charge in [-0.05, 0) is 24.6 Å². The van der Waals surface area contributed by atoms with Crippen LogP contribution >= 0.6 is 0 Å².